The zero-order valence-electron chi connectivity index (χ0n) is 29.6. The van der Waals surface area contributed by atoms with Crippen LogP contribution in [0.25, 0.3) is 0 Å². The molecule has 3 aromatic carbocycles. The summed E-state index contributed by atoms with van der Waals surface area (Å²) in [6.45, 7) is 6.99. The first-order chi connectivity index (χ1) is 24.4. The largest absolute Gasteiger partial charge is 0.395 e. The predicted octanol–water partition coefficient (Wildman–Crippen LogP) is 4.43. The first kappa shape index (κ1) is 40.0. The molecule has 10 nitrogen and oxygen atoms in total. The van der Waals surface area contributed by atoms with Crippen molar-refractivity contribution in [3.05, 3.63) is 100 Å². The van der Waals surface area contributed by atoms with Gasteiger partial charge in [-0.3, -0.25) is 9.59 Å². The average Bonchev–Trinajstić information content (AvgIpc) is 3.60. The first-order valence-electron chi connectivity index (χ1n) is 17.7. The highest BCUT2D eigenvalue weighted by Gasteiger charge is 2.36. The second-order valence-electron chi connectivity index (χ2n) is 13.1. The lowest BCUT2D eigenvalue weighted by Gasteiger charge is -2.26. The lowest BCUT2D eigenvalue weighted by atomic mass is 9.99. The monoisotopic (exact) mass is 728 g/mol. The Kier molecular flexibility index (Phi) is 14.6. The molecule has 1 aliphatic rings. The van der Waals surface area contributed by atoms with Gasteiger partial charge in [0.2, 0.25) is 10.0 Å². The van der Waals surface area contributed by atoms with E-state index in [1.165, 1.54) is 22.5 Å². The molecule has 1 saturated heterocycles. The first-order valence-corrected chi connectivity index (χ1v) is 19.1. The minimum absolute atomic E-state index is 0.00291. The van der Waals surface area contributed by atoms with E-state index in [9.17, 15) is 37.0 Å². The number of halogens is 2. The third kappa shape index (κ3) is 10.6. The molecule has 4 rings (SSSR count). The molecule has 51 heavy (non-hydrogen) atoms. The highest BCUT2D eigenvalue weighted by Crippen LogP contribution is 2.28. The third-order valence-corrected chi connectivity index (χ3v) is 11.0. The summed E-state index contributed by atoms with van der Waals surface area (Å²) in [6, 6.07) is 13.0. The molecule has 0 bridgehead atoms. The zero-order valence-corrected chi connectivity index (χ0v) is 30.4. The number of benzene rings is 3. The maximum absolute atomic E-state index is 14.2. The van der Waals surface area contributed by atoms with E-state index in [4.69, 9.17) is 0 Å². The van der Waals surface area contributed by atoms with Gasteiger partial charge in [-0.25, -0.2) is 17.2 Å². The smallest absolute Gasteiger partial charge is 0.253 e. The summed E-state index contributed by atoms with van der Waals surface area (Å²) in [4.78, 5) is 29.1. The SMILES string of the molecule is CCCN(CCC)C(=O)c1cc(C(=O)N[C@@H](Cc2cc(F)cc(F)c2)[C@H](O)CNCc2cccc(CC)c2)cc(S(=O)(=O)N2CCC[C@H]2CO)c1. The lowest BCUT2D eigenvalue weighted by molar-refractivity contribution is 0.0755. The van der Waals surface area contributed by atoms with Crippen molar-refractivity contribution in [2.24, 2.45) is 0 Å². The molecule has 0 unspecified atom stereocenters. The number of aryl methyl sites for hydroxylation is 1. The minimum Gasteiger partial charge on any atom is -0.395 e. The average molecular weight is 729 g/mol. The number of hydrogen-bond donors (Lipinski definition) is 4. The van der Waals surface area contributed by atoms with E-state index in [2.05, 4.69) is 10.6 Å². The van der Waals surface area contributed by atoms with Crippen molar-refractivity contribution in [1.82, 2.24) is 19.8 Å². The number of carbonyl (C=O) groups excluding carboxylic acids is 2. The van der Waals surface area contributed by atoms with Gasteiger partial charge >= 0.3 is 0 Å². The van der Waals surface area contributed by atoms with Crippen molar-refractivity contribution < 1.29 is 37.0 Å². The number of nitrogens with zero attached hydrogens (tertiary/aromatic N) is 2. The minimum atomic E-state index is -4.23. The fourth-order valence-electron chi connectivity index (χ4n) is 6.47. The molecule has 1 aliphatic heterocycles. The van der Waals surface area contributed by atoms with Crippen molar-refractivity contribution in [2.45, 2.75) is 88.9 Å². The molecule has 0 aliphatic carbocycles. The molecule has 3 atom stereocenters. The van der Waals surface area contributed by atoms with Crippen LogP contribution in [0.2, 0.25) is 0 Å². The Hall–Kier alpha value is -3.75. The van der Waals surface area contributed by atoms with E-state index >= 15 is 0 Å². The summed E-state index contributed by atoms with van der Waals surface area (Å²) in [6.07, 6.45) is 1.84. The highest BCUT2D eigenvalue weighted by atomic mass is 32.2. The van der Waals surface area contributed by atoms with Crippen LogP contribution in [0, 0.1) is 11.6 Å². The van der Waals surface area contributed by atoms with Crippen LogP contribution in [-0.2, 0) is 29.4 Å². The van der Waals surface area contributed by atoms with E-state index in [0.717, 1.165) is 35.7 Å². The topological polar surface area (TPSA) is 139 Å². The molecule has 0 spiro atoms. The Morgan fingerprint density at radius 1 is 0.941 bits per heavy atom. The van der Waals surface area contributed by atoms with Gasteiger partial charge in [0.05, 0.1) is 23.6 Å². The van der Waals surface area contributed by atoms with Gasteiger partial charge in [-0.15, -0.1) is 0 Å². The molecule has 0 saturated carbocycles. The van der Waals surface area contributed by atoms with Crippen LogP contribution >= 0.6 is 0 Å². The van der Waals surface area contributed by atoms with Gasteiger partial charge in [-0.1, -0.05) is 45.0 Å². The Morgan fingerprint density at radius 2 is 1.61 bits per heavy atom. The van der Waals surface area contributed by atoms with E-state index in [1.807, 2.05) is 45.0 Å². The second-order valence-corrected chi connectivity index (χ2v) is 15.0. The van der Waals surface area contributed by atoms with Crippen molar-refractivity contribution in [1.29, 1.82) is 0 Å². The molecule has 278 valence electrons. The van der Waals surface area contributed by atoms with Crippen molar-refractivity contribution >= 4 is 21.8 Å². The van der Waals surface area contributed by atoms with Gasteiger partial charge in [0.15, 0.2) is 0 Å². The number of carbonyl (C=O) groups is 2. The van der Waals surface area contributed by atoms with Gasteiger partial charge < -0.3 is 25.7 Å². The zero-order chi connectivity index (χ0) is 37.1. The van der Waals surface area contributed by atoms with Gasteiger partial charge in [0, 0.05) is 56.0 Å². The van der Waals surface area contributed by atoms with E-state index in [1.54, 1.807) is 4.90 Å². The predicted molar refractivity (Wildman–Crippen MR) is 192 cm³/mol. The number of sulfonamides is 1. The van der Waals surface area contributed by atoms with E-state index in [-0.39, 0.29) is 47.7 Å². The Balaban J connectivity index is 1.68. The summed E-state index contributed by atoms with van der Waals surface area (Å²) in [5.41, 5.74) is 2.20. The van der Waals surface area contributed by atoms with Crippen molar-refractivity contribution in [3.63, 3.8) is 0 Å². The fourth-order valence-corrected chi connectivity index (χ4v) is 8.22. The lowest BCUT2D eigenvalue weighted by Crippen LogP contribution is -2.48. The summed E-state index contributed by atoms with van der Waals surface area (Å²) in [7, 11) is -4.23. The van der Waals surface area contributed by atoms with Crippen LogP contribution in [0.5, 0.6) is 0 Å². The summed E-state index contributed by atoms with van der Waals surface area (Å²) >= 11 is 0. The van der Waals surface area contributed by atoms with E-state index < -0.39 is 51.7 Å². The number of hydrogen-bond acceptors (Lipinski definition) is 7. The number of rotatable bonds is 18. The molecular formula is C38H50F2N4O6S. The maximum Gasteiger partial charge on any atom is 0.253 e. The van der Waals surface area contributed by atoms with E-state index in [0.29, 0.717) is 45.3 Å². The molecule has 4 N–H and O–H groups in total. The number of aliphatic hydroxyl groups excluding tert-OH is 2. The normalized spacial score (nSPS) is 16.2. The summed E-state index contributed by atoms with van der Waals surface area (Å²) in [5, 5.41) is 27.2. The second kappa shape index (κ2) is 18.7. The van der Waals surface area contributed by atoms with Crippen molar-refractivity contribution in [2.75, 3.05) is 32.8 Å². The Bertz CT molecular complexity index is 1730. The molecule has 1 fully saturated rings. The Morgan fingerprint density at radius 3 is 2.25 bits per heavy atom. The van der Waals surface area contributed by atoms with Gasteiger partial charge in [-0.2, -0.15) is 4.31 Å². The standard InChI is InChI=1S/C38H50F2N4O6S/c1-4-12-43(13-5-2)38(48)30-19-29(20-34(21-30)51(49,50)44-14-8-11-33(44)25-45)37(47)42-35(18-28-16-31(39)22-32(40)17-28)36(46)24-41-23-27-10-7-9-26(6-3)15-27/h7,9-10,15-17,19-22,33,35-36,41,45-46H,4-6,8,11-14,18,23-25H2,1-3H3,(H,42,47)/t33-,35-,36+/m0/s1. The fraction of sp³-hybridized carbons (Fsp3) is 0.474. The van der Waals surface area contributed by atoms with Crippen LogP contribution in [-0.4, -0.2) is 90.6 Å². The van der Waals surface area contributed by atoms with Crippen molar-refractivity contribution in [3.8, 4) is 0 Å². The highest BCUT2D eigenvalue weighted by molar-refractivity contribution is 7.89. The number of nitrogens with one attached hydrogen (secondary N) is 2. The number of amides is 2. The molecule has 0 radical (unpaired) electrons. The van der Waals surface area contributed by atoms with Crippen LogP contribution in [0.1, 0.15) is 83.9 Å². The third-order valence-electron chi connectivity index (χ3n) is 9.07. The summed E-state index contributed by atoms with van der Waals surface area (Å²) in [5.74, 6) is -2.85. The molecule has 3 aromatic rings. The Labute approximate surface area is 299 Å². The van der Waals surface area contributed by atoms with Crippen LogP contribution in [0.3, 0.4) is 0 Å². The van der Waals surface area contributed by atoms with Gasteiger partial charge in [0.25, 0.3) is 11.8 Å². The van der Waals surface area contributed by atoms with Crippen LogP contribution in [0.4, 0.5) is 8.78 Å². The molecule has 1 heterocycles. The molecule has 13 heteroatoms. The van der Waals surface area contributed by atoms with Gasteiger partial charge in [0.1, 0.15) is 11.6 Å². The molecular weight excluding hydrogens is 679 g/mol. The van der Waals surface area contributed by atoms with Crippen LogP contribution in [0.15, 0.2) is 65.6 Å². The maximum atomic E-state index is 14.2. The van der Waals surface area contributed by atoms with Crippen LogP contribution < -0.4 is 10.6 Å². The van der Waals surface area contributed by atoms with Gasteiger partial charge in [-0.05, 0) is 85.5 Å². The number of aliphatic hydroxyl groups is 2. The molecule has 0 aromatic heterocycles. The molecule has 2 amide bonds. The quantitative estimate of drug-likeness (QED) is 0.152. The summed E-state index contributed by atoms with van der Waals surface area (Å²) < 4.78 is 57.4.